The number of carbonyl (C=O) groups excluding carboxylic acids is 1. The van der Waals surface area contributed by atoms with Crippen LogP contribution in [0.4, 0.5) is 8.78 Å². The number of aromatic nitrogens is 2. The number of piperidine rings is 1. The van der Waals surface area contributed by atoms with E-state index in [4.69, 9.17) is 14.5 Å². The number of ether oxygens (including phenoxy) is 2. The van der Waals surface area contributed by atoms with Gasteiger partial charge in [-0.1, -0.05) is 24.3 Å². The van der Waals surface area contributed by atoms with Crippen LogP contribution in [0.15, 0.2) is 66.7 Å². The number of carbonyl (C=O) groups is 1. The first-order chi connectivity index (χ1) is 18.0. The Labute approximate surface area is 214 Å². The number of hydrogen-bond donors (Lipinski definition) is 0. The summed E-state index contributed by atoms with van der Waals surface area (Å²) in [5.41, 5.74) is 3.07. The zero-order chi connectivity index (χ0) is 25.8. The van der Waals surface area contributed by atoms with E-state index >= 15 is 0 Å². The van der Waals surface area contributed by atoms with Crippen LogP contribution < -0.4 is 4.74 Å². The monoisotopic (exact) mass is 505 g/mol. The highest BCUT2D eigenvalue weighted by molar-refractivity contribution is 5.94. The van der Waals surface area contributed by atoms with Gasteiger partial charge in [-0.15, -0.1) is 0 Å². The lowest BCUT2D eigenvalue weighted by Gasteiger charge is -2.32. The maximum atomic E-state index is 14.5. The van der Waals surface area contributed by atoms with Gasteiger partial charge in [0.05, 0.1) is 17.6 Å². The van der Waals surface area contributed by atoms with Crippen LogP contribution in [0.5, 0.6) is 5.75 Å². The quantitative estimate of drug-likeness (QED) is 0.301. The molecule has 8 heteroatoms. The minimum absolute atomic E-state index is 0.101. The maximum Gasteiger partial charge on any atom is 0.253 e. The molecule has 0 unspecified atom stereocenters. The van der Waals surface area contributed by atoms with E-state index in [9.17, 15) is 13.6 Å². The molecule has 0 bridgehead atoms. The molecule has 4 aromatic rings. The molecule has 37 heavy (non-hydrogen) atoms. The van der Waals surface area contributed by atoms with Crippen molar-refractivity contribution in [1.82, 2.24) is 14.5 Å². The fourth-order valence-corrected chi connectivity index (χ4v) is 4.90. The predicted octanol–water partition coefficient (Wildman–Crippen LogP) is 5.41. The van der Waals surface area contributed by atoms with Crippen LogP contribution in [0, 0.1) is 11.6 Å². The molecule has 5 rings (SSSR count). The number of methoxy groups -OCH3 is 1. The highest BCUT2D eigenvalue weighted by atomic mass is 19.1. The number of imidazole rings is 1. The van der Waals surface area contributed by atoms with Gasteiger partial charge in [0.2, 0.25) is 0 Å². The molecule has 1 aliphatic rings. The van der Waals surface area contributed by atoms with Gasteiger partial charge in [-0.05, 0) is 60.9 Å². The van der Waals surface area contributed by atoms with Crippen LogP contribution in [0.25, 0.3) is 11.0 Å². The van der Waals surface area contributed by atoms with Crippen LogP contribution in [-0.2, 0) is 11.3 Å². The van der Waals surface area contributed by atoms with Crippen LogP contribution in [0.3, 0.4) is 0 Å². The van der Waals surface area contributed by atoms with Crippen molar-refractivity contribution in [2.24, 2.45) is 0 Å². The van der Waals surface area contributed by atoms with E-state index in [1.54, 1.807) is 30.2 Å². The van der Waals surface area contributed by atoms with Gasteiger partial charge in [0, 0.05) is 38.2 Å². The summed E-state index contributed by atoms with van der Waals surface area (Å²) in [6, 6.07) is 18.9. The van der Waals surface area contributed by atoms with Crippen molar-refractivity contribution in [2.75, 3.05) is 33.4 Å². The molecule has 0 spiro atoms. The molecule has 2 heterocycles. The molecule has 1 amide bonds. The Morgan fingerprint density at radius 1 is 1.00 bits per heavy atom. The summed E-state index contributed by atoms with van der Waals surface area (Å²) in [6.07, 6.45) is 1.47. The molecular weight excluding hydrogens is 476 g/mol. The highest BCUT2D eigenvalue weighted by Crippen LogP contribution is 2.32. The predicted molar refractivity (Wildman–Crippen MR) is 137 cm³/mol. The summed E-state index contributed by atoms with van der Waals surface area (Å²) in [6.45, 7) is 2.19. The average Bonchev–Trinajstić information content (AvgIpc) is 3.27. The van der Waals surface area contributed by atoms with E-state index in [2.05, 4.69) is 4.57 Å². The zero-order valence-electron chi connectivity index (χ0n) is 20.7. The summed E-state index contributed by atoms with van der Waals surface area (Å²) in [7, 11) is 1.55. The number of amides is 1. The number of para-hydroxylation sites is 2. The standard InChI is InChI=1S/C29H29F2N3O3/c1-36-15-16-37-27-10-9-22(18-24(27)31)29(35)33-13-11-21(12-14-33)28-32-25-7-2-3-8-26(25)34(28)19-20-5-4-6-23(30)17-20/h2-10,17-18,21H,11-16,19H2,1H3. The summed E-state index contributed by atoms with van der Waals surface area (Å²) in [5.74, 6) is 0.169. The van der Waals surface area contributed by atoms with Gasteiger partial charge in [-0.25, -0.2) is 13.8 Å². The Bertz CT molecular complexity index is 1400. The average molecular weight is 506 g/mol. The fraction of sp³-hybridized carbons (Fsp3) is 0.310. The fourth-order valence-electron chi connectivity index (χ4n) is 4.90. The van der Waals surface area contributed by atoms with Gasteiger partial charge in [0.25, 0.3) is 5.91 Å². The van der Waals surface area contributed by atoms with Gasteiger partial charge >= 0.3 is 0 Å². The van der Waals surface area contributed by atoms with Gasteiger partial charge < -0.3 is 18.9 Å². The lowest BCUT2D eigenvalue weighted by Crippen LogP contribution is -2.38. The molecular formula is C29H29F2N3O3. The minimum Gasteiger partial charge on any atom is -0.488 e. The lowest BCUT2D eigenvalue weighted by molar-refractivity contribution is 0.0709. The minimum atomic E-state index is -0.567. The van der Waals surface area contributed by atoms with E-state index in [1.807, 2.05) is 30.3 Å². The number of benzene rings is 3. The molecule has 6 nitrogen and oxygen atoms in total. The van der Waals surface area contributed by atoms with Gasteiger partial charge in [-0.3, -0.25) is 4.79 Å². The van der Waals surface area contributed by atoms with Crippen LogP contribution >= 0.6 is 0 Å². The van der Waals surface area contributed by atoms with Crippen molar-refractivity contribution in [1.29, 1.82) is 0 Å². The molecule has 1 aromatic heterocycles. The first-order valence-electron chi connectivity index (χ1n) is 12.4. The number of rotatable bonds is 8. The van der Waals surface area contributed by atoms with Crippen molar-refractivity contribution < 1.29 is 23.0 Å². The third-order valence-electron chi connectivity index (χ3n) is 6.78. The first kappa shape index (κ1) is 24.9. The Morgan fingerprint density at radius 3 is 2.57 bits per heavy atom. The summed E-state index contributed by atoms with van der Waals surface area (Å²) in [5, 5.41) is 0. The van der Waals surface area contributed by atoms with Gasteiger partial charge in [0.1, 0.15) is 18.2 Å². The van der Waals surface area contributed by atoms with Crippen molar-refractivity contribution in [3.8, 4) is 5.75 Å². The van der Waals surface area contributed by atoms with Crippen LogP contribution in [0.2, 0.25) is 0 Å². The SMILES string of the molecule is COCCOc1ccc(C(=O)N2CCC(c3nc4ccccc4n3Cc3cccc(F)c3)CC2)cc1F. The van der Waals surface area contributed by atoms with Crippen molar-refractivity contribution >= 4 is 16.9 Å². The normalized spacial score (nSPS) is 14.3. The Morgan fingerprint density at radius 2 is 1.81 bits per heavy atom. The highest BCUT2D eigenvalue weighted by Gasteiger charge is 2.28. The van der Waals surface area contributed by atoms with Gasteiger partial charge in [-0.2, -0.15) is 0 Å². The molecule has 0 radical (unpaired) electrons. The van der Waals surface area contributed by atoms with Crippen molar-refractivity contribution in [3.05, 3.63) is 95.3 Å². The van der Waals surface area contributed by atoms with E-state index in [0.717, 1.165) is 35.3 Å². The molecule has 3 aromatic carbocycles. The zero-order valence-corrected chi connectivity index (χ0v) is 20.7. The van der Waals surface area contributed by atoms with Crippen molar-refractivity contribution in [2.45, 2.75) is 25.3 Å². The van der Waals surface area contributed by atoms with Crippen molar-refractivity contribution in [3.63, 3.8) is 0 Å². The lowest BCUT2D eigenvalue weighted by atomic mass is 9.95. The number of likely N-dealkylation sites (tertiary alicyclic amines) is 1. The topological polar surface area (TPSA) is 56.6 Å². The van der Waals surface area contributed by atoms with Crippen LogP contribution in [0.1, 0.15) is 40.5 Å². The summed E-state index contributed by atoms with van der Waals surface area (Å²) >= 11 is 0. The molecule has 1 saturated heterocycles. The second-order valence-corrected chi connectivity index (χ2v) is 9.23. The number of halogens is 2. The summed E-state index contributed by atoms with van der Waals surface area (Å²) < 4.78 is 40.7. The largest absolute Gasteiger partial charge is 0.488 e. The van der Waals surface area contributed by atoms with E-state index in [-0.39, 0.29) is 30.0 Å². The Balaban J connectivity index is 1.30. The first-order valence-corrected chi connectivity index (χ1v) is 12.4. The molecule has 0 atom stereocenters. The van der Waals surface area contributed by atoms with E-state index in [1.165, 1.54) is 18.2 Å². The third-order valence-corrected chi connectivity index (χ3v) is 6.78. The second-order valence-electron chi connectivity index (χ2n) is 9.23. The number of hydrogen-bond acceptors (Lipinski definition) is 4. The second kappa shape index (κ2) is 11.1. The van der Waals surface area contributed by atoms with E-state index in [0.29, 0.717) is 31.8 Å². The molecule has 1 fully saturated rings. The number of fused-ring (bicyclic) bond motifs is 1. The number of nitrogens with zero attached hydrogens (tertiary/aromatic N) is 3. The molecule has 0 N–H and O–H groups in total. The summed E-state index contributed by atoms with van der Waals surface area (Å²) in [4.78, 5) is 19.8. The molecule has 1 aliphatic heterocycles. The van der Waals surface area contributed by atoms with Crippen LogP contribution in [-0.4, -0.2) is 53.8 Å². The van der Waals surface area contributed by atoms with E-state index < -0.39 is 5.82 Å². The smallest absolute Gasteiger partial charge is 0.253 e. The third kappa shape index (κ3) is 5.49. The molecule has 0 aliphatic carbocycles. The van der Waals surface area contributed by atoms with Gasteiger partial charge in [0.15, 0.2) is 11.6 Å². The molecule has 192 valence electrons. The Hall–Kier alpha value is -3.78. The molecule has 0 saturated carbocycles. The Kier molecular flexibility index (Phi) is 7.46. The maximum absolute atomic E-state index is 14.5.